The third-order valence-corrected chi connectivity index (χ3v) is 4.62. The molecule has 1 N–H and O–H groups in total. The van der Waals surface area contributed by atoms with Crippen LogP contribution in [0.1, 0.15) is 16.7 Å². The molecule has 0 unspecified atom stereocenters. The van der Waals surface area contributed by atoms with Gasteiger partial charge in [-0.25, -0.2) is 4.79 Å². The Hall–Kier alpha value is -2.69. The quantitative estimate of drug-likeness (QED) is 0.944. The summed E-state index contributed by atoms with van der Waals surface area (Å²) in [6, 6.07) is 11.5. The third kappa shape index (κ3) is 2.56. The average Bonchev–Trinajstić information content (AvgIpc) is 3.27. The Bertz CT molecular complexity index is 742. The van der Waals surface area contributed by atoms with Gasteiger partial charge in [0.15, 0.2) is 0 Å². The molecule has 5 nitrogen and oxygen atoms in total. The molecule has 0 atom stereocenters. The van der Waals surface area contributed by atoms with Crippen molar-refractivity contribution in [3.8, 4) is 11.5 Å². The first-order valence-electron chi connectivity index (χ1n) is 8.24. The standard InChI is InChI=1S/C19H20N2O3/c1-21(14-5-3-2-4-6-14)19(22)20-12-16-15-8-10-23-17(15)11-13-7-9-24-18(13)16/h2-6,11H,7-10,12H2,1H3,(H,20,22). The number of carbonyl (C=O) groups excluding carboxylic acids is 1. The summed E-state index contributed by atoms with van der Waals surface area (Å²) in [6.07, 6.45) is 1.77. The number of amides is 2. The fourth-order valence-electron chi connectivity index (χ4n) is 3.32. The van der Waals surface area contributed by atoms with Gasteiger partial charge in [0.2, 0.25) is 0 Å². The molecule has 0 saturated carbocycles. The van der Waals surface area contributed by atoms with Gasteiger partial charge in [-0.2, -0.15) is 0 Å². The Morgan fingerprint density at radius 1 is 1.17 bits per heavy atom. The van der Waals surface area contributed by atoms with Crippen molar-refractivity contribution in [3.05, 3.63) is 53.1 Å². The van der Waals surface area contributed by atoms with Crippen molar-refractivity contribution in [1.82, 2.24) is 5.32 Å². The van der Waals surface area contributed by atoms with Crippen molar-refractivity contribution in [2.24, 2.45) is 0 Å². The molecule has 2 aromatic carbocycles. The monoisotopic (exact) mass is 324 g/mol. The molecule has 0 radical (unpaired) electrons. The van der Waals surface area contributed by atoms with Crippen LogP contribution in [0, 0.1) is 0 Å². The summed E-state index contributed by atoms with van der Waals surface area (Å²) in [4.78, 5) is 14.1. The molecule has 2 amide bonds. The number of para-hydroxylation sites is 1. The van der Waals surface area contributed by atoms with E-state index in [1.54, 1.807) is 11.9 Å². The summed E-state index contributed by atoms with van der Waals surface area (Å²) in [5, 5.41) is 3.01. The maximum absolute atomic E-state index is 12.5. The SMILES string of the molecule is CN(C(=O)NCc1c2c(cc3c1OCC3)OCC2)c1ccccc1. The molecular formula is C19H20N2O3. The summed E-state index contributed by atoms with van der Waals surface area (Å²) in [5.41, 5.74) is 4.26. The molecule has 0 spiro atoms. The lowest BCUT2D eigenvalue weighted by atomic mass is 9.99. The van der Waals surface area contributed by atoms with Gasteiger partial charge in [0, 0.05) is 48.8 Å². The topological polar surface area (TPSA) is 50.8 Å². The highest BCUT2D eigenvalue weighted by Crippen LogP contribution is 2.40. The van der Waals surface area contributed by atoms with Crippen molar-refractivity contribution in [2.75, 3.05) is 25.2 Å². The molecule has 5 heteroatoms. The highest BCUT2D eigenvalue weighted by atomic mass is 16.5. The number of ether oxygens (including phenoxy) is 2. The molecule has 0 fully saturated rings. The van der Waals surface area contributed by atoms with Crippen LogP contribution >= 0.6 is 0 Å². The summed E-state index contributed by atoms with van der Waals surface area (Å²) < 4.78 is 11.5. The number of hydrogen-bond donors (Lipinski definition) is 1. The summed E-state index contributed by atoms with van der Waals surface area (Å²) >= 11 is 0. The number of fused-ring (bicyclic) bond motifs is 2. The van der Waals surface area contributed by atoms with Gasteiger partial charge in [-0.1, -0.05) is 18.2 Å². The van der Waals surface area contributed by atoms with E-state index in [9.17, 15) is 4.79 Å². The molecule has 2 heterocycles. The van der Waals surface area contributed by atoms with Gasteiger partial charge in [0.25, 0.3) is 0 Å². The lowest BCUT2D eigenvalue weighted by molar-refractivity contribution is 0.247. The fourth-order valence-corrected chi connectivity index (χ4v) is 3.32. The van der Waals surface area contributed by atoms with Gasteiger partial charge < -0.3 is 14.8 Å². The fraction of sp³-hybridized carbons (Fsp3) is 0.316. The first-order valence-corrected chi connectivity index (χ1v) is 8.24. The highest BCUT2D eigenvalue weighted by Gasteiger charge is 2.26. The maximum Gasteiger partial charge on any atom is 0.321 e. The molecule has 0 aromatic heterocycles. The van der Waals surface area contributed by atoms with E-state index in [2.05, 4.69) is 11.4 Å². The van der Waals surface area contributed by atoms with Crippen LogP contribution in [0.15, 0.2) is 36.4 Å². The number of nitrogens with zero attached hydrogens (tertiary/aromatic N) is 1. The number of urea groups is 1. The molecule has 2 aromatic rings. The van der Waals surface area contributed by atoms with Crippen LogP contribution < -0.4 is 19.7 Å². The largest absolute Gasteiger partial charge is 0.493 e. The summed E-state index contributed by atoms with van der Waals surface area (Å²) in [5.74, 6) is 1.88. The Labute approximate surface area is 141 Å². The number of hydrogen-bond acceptors (Lipinski definition) is 3. The average molecular weight is 324 g/mol. The van der Waals surface area contributed by atoms with Crippen molar-refractivity contribution in [1.29, 1.82) is 0 Å². The number of benzene rings is 2. The lowest BCUT2D eigenvalue weighted by Crippen LogP contribution is -2.37. The van der Waals surface area contributed by atoms with E-state index in [4.69, 9.17) is 9.47 Å². The molecule has 0 bridgehead atoms. The van der Waals surface area contributed by atoms with Crippen LogP contribution in [0.3, 0.4) is 0 Å². The van der Waals surface area contributed by atoms with Gasteiger partial charge in [0.05, 0.1) is 13.2 Å². The van der Waals surface area contributed by atoms with E-state index in [0.717, 1.165) is 35.6 Å². The molecule has 24 heavy (non-hydrogen) atoms. The van der Waals surface area contributed by atoms with Crippen molar-refractivity contribution in [2.45, 2.75) is 19.4 Å². The first-order chi connectivity index (χ1) is 11.7. The van der Waals surface area contributed by atoms with Gasteiger partial charge >= 0.3 is 6.03 Å². The number of anilines is 1. The smallest absolute Gasteiger partial charge is 0.321 e. The van der Waals surface area contributed by atoms with Crippen LogP contribution in [-0.4, -0.2) is 26.3 Å². The van der Waals surface area contributed by atoms with E-state index >= 15 is 0 Å². The van der Waals surface area contributed by atoms with Crippen LogP contribution in [0.2, 0.25) is 0 Å². The Kier molecular flexibility index (Phi) is 3.76. The zero-order valence-electron chi connectivity index (χ0n) is 13.7. The molecule has 0 aliphatic carbocycles. The minimum atomic E-state index is -0.135. The van der Waals surface area contributed by atoms with E-state index in [1.165, 1.54) is 11.1 Å². The van der Waals surface area contributed by atoms with Crippen molar-refractivity contribution in [3.63, 3.8) is 0 Å². The van der Waals surface area contributed by atoms with Gasteiger partial charge in [-0.05, 0) is 18.2 Å². The first kappa shape index (κ1) is 14.9. The zero-order chi connectivity index (χ0) is 16.5. The molecular weight excluding hydrogens is 304 g/mol. The van der Waals surface area contributed by atoms with Gasteiger partial charge in [-0.3, -0.25) is 4.90 Å². The zero-order valence-corrected chi connectivity index (χ0v) is 13.7. The minimum Gasteiger partial charge on any atom is -0.493 e. The second-order valence-corrected chi connectivity index (χ2v) is 6.07. The normalized spacial score (nSPS) is 14.4. The van der Waals surface area contributed by atoms with E-state index in [-0.39, 0.29) is 6.03 Å². The number of nitrogens with one attached hydrogen (secondary N) is 1. The van der Waals surface area contributed by atoms with Crippen LogP contribution in [0.4, 0.5) is 10.5 Å². The van der Waals surface area contributed by atoms with Crippen LogP contribution in [-0.2, 0) is 19.4 Å². The van der Waals surface area contributed by atoms with E-state index in [0.29, 0.717) is 19.8 Å². The molecule has 124 valence electrons. The summed E-state index contributed by atoms with van der Waals surface area (Å²) in [7, 11) is 1.77. The number of rotatable bonds is 3. The van der Waals surface area contributed by atoms with Crippen molar-refractivity contribution >= 4 is 11.7 Å². The molecule has 4 rings (SSSR count). The van der Waals surface area contributed by atoms with Crippen molar-refractivity contribution < 1.29 is 14.3 Å². The molecule has 0 saturated heterocycles. The minimum absolute atomic E-state index is 0.135. The number of carbonyl (C=O) groups is 1. The molecule has 2 aliphatic rings. The van der Waals surface area contributed by atoms with Crippen LogP contribution in [0.25, 0.3) is 0 Å². The predicted molar refractivity (Wildman–Crippen MR) is 91.9 cm³/mol. The van der Waals surface area contributed by atoms with E-state index in [1.807, 2.05) is 30.3 Å². The third-order valence-electron chi connectivity index (χ3n) is 4.62. The molecule has 2 aliphatic heterocycles. The maximum atomic E-state index is 12.5. The lowest BCUT2D eigenvalue weighted by Gasteiger charge is -2.19. The predicted octanol–water partition coefficient (Wildman–Crippen LogP) is 2.90. The van der Waals surface area contributed by atoms with Gasteiger partial charge in [0.1, 0.15) is 11.5 Å². The second-order valence-electron chi connectivity index (χ2n) is 6.07. The second kappa shape index (κ2) is 6.07. The Balaban J connectivity index is 1.53. The summed E-state index contributed by atoms with van der Waals surface area (Å²) in [6.45, 7) is 1.84. The Morgan fingerprint density at radius 3 is 2.79 bits per heavy atom. The van der Waals surface area contributed by atoms with Gasteiger partial charge in [-0.15, -0.1) is 0 Å². The van der Waals surface area contributed by atoms with E-state index < -0.39 is 0 Å². The highest BCUT2D eigenvalue weighted by molar-refractivity contribution is 5.91. The Morgan fingerprint density at radius 2 is 1.96 bits per heavy atom. The van der Waals surface area contributed by atoms with Crippen LogP contribution in [0.5, 0.6) is 11.5 Å².